The zero-order valence-electron chi connectivity index (χ0n) is 16.2. The number of hydrogen-bond donors (Lipinski definition) is 0. The Hall–Kier alpha value is -3.55. The van der Waals surface area contributed by atoms with Crippen LogP contribution in [0.1, 0.15) is 5.69 Å². The van der Waals surface area contributed by atoms with Gasteiger partial charge in [-0.25, -0.2) is 0 Å². The van der Waals surface area contributed by atoms with Crippen LogP contribution in [-0.2, 0) is 6.54 Å². The van der Waals surface area contributed by atoms with E-state index in [2.05, 4.69) is 19.9 Å². The fraction of sp³-hybridized carbons (Fsp3) is 0.250. The van der Waals surface area contributed by atoms with Crippen molar-refractivity contribution in [3.8, 4) is 29.3 Å². The molecule has 0 amide bonds. The highest BCUT2D eigenvalue weighted by molar-refractivity contribution is 5.49. The molecule has 8 nitrogen and oxygen atoms in total. The minimum absolute atomic E-state index is 0.123. The highest BCUT2D eigenvalue weighted by Crippen LogP contribution is 2.27. The summed E-state index contributed by atoms with van der Waals surface area (Å²) in [7, 11) is 6.66. The molecule has 0 aliphatic carbocycles. The van der Waals surface area contributed by atoms with Gasteiger partial charge in [0, 0.05) is 18.9 Å². The first kappa shape index (κ1) is 19.2. The Bertz CT molecular complexity index is 896. The van der Waals surface area contributed by atoms with E-state index >= 15 is 0 Å². The van der Waals surface area contributed by atoms with Gasteiger partial charge in [-0.15, -0.1) is 0 Å². The fourth-order valence-electron chi connectivity index (χ4n) is 2.52. The first-order valence-electron chi connectivity index (χ1n) is 8.57. The molecule has 0 aliphatic heterocycles. The summed E-state index contributed by atoms with van der Waals surface area (Å²) < 4.78 is 21.4. The highest BCUT2D eigenvalue weighted by atomic mass is 16.5. The molecular formula is C20H22N4O4. The summed E-state index contributed by atoms with van der Waals surface area (Å²) in [5.41, 5.74) is 1.77. The second-order valence-electron chi connectivity index (χ2n) is 5.84. The van der Waals surface area contributed by atoms with Crippen molar-refractivity contribution in [2.45, 2.75) is 6.54 Å². The zero-order chi connectivity index (χ0) is 19.9. The van der Waals surface area contributed by atoms with E-state index in [1.165, 1.54) is 14.2 Å². The number of anilines is 1. The van der Waals surface area contributed by atoms with Crippen LogP contribution in [0.15, 0.2) is 48.7 Å². The lowest BCUT2D eigenvalue weighted by atomic mass is 10.2. The van der Waals surface area contributed by atoms with Crippen LogP contribution in [0, 0.1) is 0 Å². The molecule has 0 saturated carbocycles. The third kappa shape index (κ3) is 4.59. The molecule has 0 aliphatic rings. The molecule has 0 radical (unpaired) electrons. The Balaban J connectivity index is 1.81. The van der Waals surface area contributed by atoms with E-state index in [4.69, 9.17) is 18.9 Å². The van der Waals surface area contributed by atoms with Gasteiger partial charge in [0.1, 0.15) is 11.4 Å². The van der Waals surface area contributed by atoms with Crippen molar-refractivity contribution in [3.05, 3.63) is 54.4 Å². The molecular weight excluding hydrogens is 360 g/mol. The Kier molecular flexibility index (Phi) is 6.11. The first-order chi connectivity index (χ1) is 13.6. The third-order valence-corrected chi connectivity index (χ3v) is 4.03. The molecule has 28 heavy (non-hydrogen) atoms. The summed E-state index contributed by atoms with van der Waals surface area (Å²) in [6.07, 6.45) is 1.72. The van der Waals surface area contributed by atoms with Crippen molar-refractivity contribution in [1.29, 1.82) is 0 Å². The Morgan fingerprint density at radius 1 is 0.893 bits per heavy atom. The first-order valence-corrected chi connectivity index (χ1v) is 8.57. The SMILES string of the molecule is COc1ccc(N(C)Cc2ncccc2Oc2nc(OC)cc(OC)n2)cc1. The van der Waals surface area contributed by atoms with Crippen molar-refractivity contribution in [3.63, 3.8) is 0 Å². The van der Waals surface area contributed by atoms with E-state index in [1.807, 2.05) is 37.4 Å². The quantitative estimate of drug-likeness (QED) is 0.587. The lowest BCUT2D eigenvalue weighted by Crippen LogP contribution is -2.17. The van der Waals surface area contributed by atoms with Crippen molar-refractivity contribution < 1.29 is 18.9 Å². The molecule has 0 bridgehead atoms. The van der Waals surface area contributed by atoms with Gasteiger partial charge in [0.15, 0.2) is 5.75 Å². The van der Waals surface area contributed by atoms with Crippen molar-refractivity contribution in [2.75, 3.05) is 33.3 Å². The number of nitrogens with zero attached hydrogens (tertiary/aromatic N) is 4. The van der Waals surface area contributed by atoms with Crippen LogP contribution in [0.5, 0.6) is 29.3 Å². The number of hydrogen-bond acceptors (Lipinski definition) is 8. The third-order valence-electron chi connectivity index (χ3n) is 4.03. The molecule has 3 aromatic rings. The monoisotopic (exact) mass is 382 g/mol. The Morgan fingerprint density at radius 2 is 1.57 bits per heavy atom. The van der Waals surface area contributed by atoms with E-state index in [-0.39, 0.29) is 6.01 Å². The van der Waals surface area contributed by atoms with E-state index in [0.29, 0.717) is 24.1 Å². The largest absolute Gasteiger partial charge is 0.497 e. The van der Waals surface area contributed by atoms with Gasteiger partial charge in [-0.1, -0.05) is 0 Å². The van der Waals surface area contributed by atoms with Gasteiger partial charge in [0.25, 0.3) is 0 Å². The number of rotatable bonds is 8. The minimum Gasteiger partial charge on any atom is -0.497 e. The lowest BCUT2D eigenvalue weighted by Gasteiger charge is -2.20. The number of ether oxygens (including phenoxy) is 4. The van der Waals surface area contributed by atoms with E-state index in [9.17, 15) is 0 Å². The molecule has 0 atom stereocenters. The highest BCUT2D eigenvalue weighted by Gasteiger charge is 2.13. The van der Waals surface area contributed by atoms with Crippen LogP contribution >= 0.6 is 0 Å². The predicted octanol–water partition coefficient (Wildman–Crippen LogP) is 3.33. The molecule has 1 aromatic carbocycles. The van der Waals surface area contributed by atoms with Crippen LogP contribution in [-0.4, -0.2) is 43.3 Å². The summed E-state index contributed by atoms with van der Waals surface area (Å²) in [6, 6.07) is 13.1. The summed E-state index contributed by atoms with van der Waals surface area (Å²) in [5, 5.41) is 0. The summed E-state index contributed by atoms with van der Waals surface area (Å²) in [6.45, 7) is 0.531. The average molecular weight is 382 g/mol. The topological polar surface area (TPSA) is 78.8 Å². The summed E-state index contributed by atoms with van der Waals surface area (Å²) in [5.74, 6) is 2.06. The minimum atomic E-state index is 0.123. The smallest absolute Gasteiger partial charge is 0.328 e. The van der Waals surface area contributed by atoms with Crippen LogP contribution in [0.2, 0.25) is 0 Å². The molecule has 0 N–H and O–H groups in total. The number of aromatic nitrogens is 3. The maximum Gasteiger partial charge on any atom is 0.328 e. The average Bonchev–Trinajstić information content (AvgIpc) is 2.74. The van der Waals surface area contributed by atoms with Crippen LogP contribution in [0.4, 0.5) is 5.69 Å². The van der Waals surface area contributed by atoms with Gasteiger partial charge >= 0.3 is 6.01 Å². The standard InChI is InChI=1S/C20H22N4O4/c1-24(14-7-9-15(25-2)10-8-14)13-16-17(6-5-11-21-16)28-20-22-18(26-3)12-19(23-20)27-4/h5-12H,13H2,1-4H3. The second kappa shape index (κ2) is 8.90. The molecule has 146 valence electrons. The van der Waals surface area contributed by atoms with Crippen molar-refractivity contribution in [1.82, 2.24) is 15.0 Å². The van der Waals surface area contributed by atoms with Crippen LogP contribution in [0.25, 0.3) is 0 Å². The van der Waals surface area contributed by atoms with E-state index in [1.54, 1.807) is 25.4 Å². The molecule has 0 fully saturated rings. The van der Waals surface area contributed by atoms with Gasteiger partial charge < -0.3 is 23.8 Å². The van der Waals surface area contributed by atoms with Gasteiger partial charge in [-0.3, -0.25) is 4.98 Å². The molecule has 0 unspecified atom stereocenters. The van der Waals surface area contributed by atoms with Gasteiger partial charge in [0.05, 0.1) is 33.9 Å². The molecule has 0 saturated heterocycles. The second-order valence-corrected chi connectivity index (χ2v) is 5.84. The summed E-state index contributed by atoms with van der Waals surface area (Å²) in [4.78, 5) is 14.9. The van der Waals surface area contributed by atoms with Crippen molar-refractivity contribution >= 4 is 5.69 Å². The predicted molar refractivity (Wildman–Crippen MR) is 105 cm³/mol. The molecule has 0 spiro atoms. The fourth-order valence-corrected chi connectivity index (χ4v) is 2.52. The number of pyridine rings is 1. The lowest BCUT2D eigenvalue weighted by molar-refractivity contribution is 0.346. The summed E-state index contributed by atoms with van der Waals surface area (Å²) >= 11 is 0. The van der Waals surface area contributed by atoms with Gasteiger partial charge in [-0.05, 0) is 36.4 Å². The zero-order valence-corrected chi connectivity index (χ0v) is 16.2. The number of methoxy groups -OCH3 is 3. The van der Waals surface area contributed by atoms with Crippen LogP contribution < -0.4 is 23.8 Å². The van der Waals surface area contributed by atoms with Gasteiger partial charge in [0.2, 0.25) is 11.8 Å². The maximum absolute atomic E-state index is 5.88. The Labute approximate surface area is 163 Å². The molecule has 2 aromatic heterocycles. The van der Waals surface area contributed by atoms with E-state index < -0.39 is 0 Å². The van der Waals surface area contributed by atoms with Gasteiger partial charge in [-0.2, -0.15) is 9.97 Å². The molecule has 2 heterocycles. The number of benzene rings is 1. The van der Waals surface area contributed by atoms with Crippen LogP contribution in [0.3, 0.4) is 0 Å². The molecule has 8 heteroatoms. The van der Waals surface area contributed by atoms with E-state index in [0.717, 1.165) is 17.1 Å². The Morgan fingerprint density at radius 3 is 2.18 bits per heavy atom. The van der Waals surface area contributed by atoms with Crippen molar-refractivity contribution in [2.24, 2.45) is 0 Å². The molecule has 3 rings (SSSR count). The maximum atomic E-state index is 5.88. The normalized spacial score (nSPS) is 10.3.